The number of H-pyrrole nitrogens is 1. The lowest BCUT2D eigenvalue weighted by molar-refractivity contribution is -0.108. The van der Waals surface area contributed by atoms with Crippen molar-refractivity contribution < 1.29 is 4.74 Å². The molecule has 2 aromatic rings. The summed E-state index contributed by atoms with van der Waals surface area (Å²) in [7, 11) is 1.81. The van der Waals surface area contributed by atoms with E-state index in [1.54, 1.807) is 0 Å². The molecule has 0 bridgehead atoms. The number of nitrogens with two attached hydrogens (primary N) is 1. The van der Waals surface area contributed by atoms with E-state index in [1.807, 2.05) is 19.2 Å². The number of nitrogen functional groups attached to an aromatic ring is 1. The van der Waals surface area contributed by atoms with E-state index < -0.39 is 0 Å². The van der Waals surface area contributed by atoms with E-state index in [-0.39, 0.29) is 0 Å². The Morgan fingerprint density at radius 2 is 2.00 bits per heavy atom. The van der Waals surface area contributed by atoms with Gasteiger partial charge in [-0.2, -0.15) is 4.98 Å². The fourth-order valence-corrected chi connectivity index (χ4v) is 4.23. The van der Waals surface area contributed by atoms with Gasteiger partial charge in [-0.3, -0.25) is 4.90 Å². The van der Waals surface area contributed by atoms with Crippen molar-refractivity contribution in [2.45, 2.75) is 37.5 Å². The number of rotatable bonds is 5. The van der Waals surface area contributed by atoms with Crippen LogP contribution in [0, 0.1) is 0 Å². The van der Waals surface area contributed by atoms with Crippen molar-refractivity contribution >= 4 is 23.5 Å². The van der Waals surface area contributed by atoms with E-state index in [2.05, 4.69) is 37.1 Å². The summed E-state index contributed by atoms with van der Waals surface area (Å²) in [5.41, 5.74) is 6.94. The van der Waals surface area contributed by atoms with Crippen molar-refractivity contribution in [2.75, 3.05) is 37.4 Å². The lowest BCUT2D eigenvalue weighted by Crippen LogP contribution is -2.66. The number of nitrogens with one attached hydrogen (secondary N) is 1. The summed E-state index contributed by atoms with van der Waals surface area (Å²) in [4.78, 5) is 9.04. The van der Waals surface area contributed by atoms with Gasteiger partial charge in [-0.1, -0.05) is 23.7 Å². The van der Waals surface area contributed by atoms with E-state index in [0.29, 0.717) is 30.1 Å². The fraction of sp³-hybridized carbons (Fsp3) is 0.556. The quantitative estimate of drug-likeness (QED) is 0.829. The minimum absolute atomic E-state index is 0.302. The minimum Gasteiger partial charge on any atom is -0.378 e. The summed E-state index contributed by atoms with van der Waals surface area (Å²) in [6, 6.07) is 9.15. The topological polar surface area (TPSA) is 83.3 Å². The van der Waals surface area contributed by atoms with E-state index in [0.717, 1.165) is 43.9 Å². The number of methoxy groups -OCH3 is 1. The zero-order chi connectivity index (χ0) is 18.1. The first kappa shape index (κ1) is 17.6. The second-order valence-corrected chi connectivity index (χ2v) is 7.54. The predicted molar refractivity (Wildman–Crippen MR) is 102 cm³/mol. The van der Waals surface area contributed by atoms with Gasteiger partial charge in [-0.05, 0) is 37.0 Å². The molecule has 4 rings (SSSR count). The van der Waals surface area contributed by atoms with Crippen molar-refractivity contribution in [1.82, 2.24) is 20.1 Å². The van der Waals surface area contributed by atoms with Crippen LogP contribution in [0.15, 0.2) is 24.3 Å². The van der Waals surface area contributed by atoms with Crippen LogP contribution in [0.5, 0.6) is 0 Å². The number of nitrogens with zero attached hydrogens (tertiary/aromatic N) is 4. The van der Waals surface area contributed by atoms with Crippen LogP contribution in [0.1, 0.15) is 18.4 Å². The molecule has 2 saturated heterocycles. The highest BCUT2D eigenvalue weighted by Crippen LogP contribution is 2.31. The Hall–Kier alpha value is -1.83. The first-order chi connectivity index (χ1) is 12.6. The summed E-state index contributed by atoms with van der Waals surface area (Å²) in [6.07, 6.45) is 3.49. The number of likely N-dealkylation sites (tertiary alicyclic amines) is 1. The molecule has 2 atom stereocenters. The van der Waals surface area contributed by atoms with Crippen molar-refractivity contribution in [1.29, 1.82) is 0 Å². The van der Waals surface area contributed by atoms with E-state index in [1.165, 1.54) is 5.56 Å². The molecule has 26 heavy (non-hydrogen) atoms. The van der Waals surface area contributed by atoms with Gasteiger partial charge < -0.3 is 15.4 Å². The number of aromatic nitrogens is 3. The Bertz CT molecular complexity index is 728. The second kappa shape index (κ2) is 7.42. The highest BCUT2D eigenvalue weighted by molar-refractivity contribution is 6.30. The number of ether oxygens (including phenoxy) is 1. The Balaban J connectivity index is 1.37. The summed E-state index contributed by atoms with van der Waals surface area (Å²) in [5, 5.41) is 7.66. The van der Waals surface area contributed by atoms with Crippen molar-refractivity contribution in [2.24, 2.45) is 0 Å². The van der Waals surface area contributed by atoms with Crippen LogP contribution in [0.25, 0.3) is 0 Å². The van der Waals surface area contributed by atoms with Gasteiger partial charge in [0.1, 0.15) is 0 Å². The molecule has 3 N–H and O–H groups in total. The molecular weight excluding hydrogens is 352 g/mol. The average Bonchev–Trinajstić information content (AvgIpc) is 3.08. The molecule has 2 aliphatic rings. The maximum absolute atomic E-state index is 6.01. The van der Waals surface area contributed by atoms with E-state index in [9.17, 15) is 0 Å². The van der Waals surface area contributed by atoms with Gasteiger partial charge in [0.15, 0.2) is 0 Å². The maximum atomic E-state index is 6.01. The number of aromatic amines is 1. The van der Waals surface area contributed by atoms with Gasteiger partial charge in [-0.25, -0.2) is 5.10 Å². The normalized spacial score (nSPS) is 24.6. The molecule has 0 amide bonds. The standard InChI is InChI=1S/C18H25ClN6O/c1-26-16-11-25(15(16)10-12-2-4-13(19)5-3-12)14-6-8-24(9-7-14)18-21-17(20)22-23-18/h2-5,14-16H,6-11H2,1H3,(H3,20,21,22,23)/t15-,16?/m0/s1. The number of anilines is 2. The highest BCUT2D eigenvalue weighted by Gasteiger charge is 2.43. The molecule has 2 aliphatic heterocycles. The van der Waals surface area contributed by atoms with Gasteiger partial charge in [0, 0.05) is 43.9 Å². The summed E-state index contributed by atoms with van der Waals surface area (Å²) in [6.45, 7) is 2.90. The number of hydrogen-bond acceptors (Lipinski definition) is 6. The molecule has 1 aromatic heterocycles. The highest BCUT2D eigenvalue weighted by atomic mass is 35.5. The molecule has 7 nitrogen and oxygen atoms in total. The first-order valence-electron chi connectivity index (χ1n) is 9.10. The monoisotopic (exact) mass is 376 g/mol. The Labute approximate surface area is 158 Å². The maximum Gasteiger partial charge on any atom is 0.246 e. The third-order valence-electron chi connectivity index (χ3n) is 5.61. The molecule has 140 valence electrons. The molecule has 0 saturated carbocycles. The molecule has 3 heterocycles. The van der Waals surface area contributed by atoms with Crippen molar-refractivity contribution in [3.05, 3.63) is 34.9 Å². The molecular formula is C18H25ClN6O. The lowest BCUT2D eigenvalue weighted by Gasteiger charge is -2.53. The van der Waals surface area contributed by atoms with E-state index in [4.69, 9.17) is 22.1 Å². The Kier molecular flexibility index (Phi) is 5.02. The van der Waals surface area contributed by atoms with Crippen LogP contribution in [0.4, 0.5) is 11.9 Å². The van der Waals surface area contributed by atoms with Crippen LogP contribution in [-0.2, 0) is 11.2 Å². The van der Waals surface area contributed by atoms with Gasteiger partial charge in [-0.15, -0.1) is 5.10 Å². The van der Waals surface area contributed by atoms with Gasteiger partial charge in [0.05, 0.1) is 6.10 Å². The molecule has 1 aromatic carbocycles. The molecule has 2 fully saturated rings. The van der Waals surface area contributed by atoms with Crippen LogP contribution >= 0.6 is 11.6 Å². The summed E-state index contributed by atoms with van der Waals surface area (Å²) >= 11 is 6.01. The zero-order valence-electron chi connectivity index (χ0n) is 14.9. The van der Waals surface area contributed by atoms with E-state index >= 15 is 0 Å². The minimum atomic E-state index is 0.302. The Morgan fingerprint density at radius 3 is 2.62 bits per heavy atom. The van der Waals surface area contributed by atoms with Crippen LogP contribution in [-0.4, -0.2) is 65.0 Å². The van der Waals surface area contributed by atoms with Crippen LogP contribution in [0.2, 0.25) is 5.02 Å². The van der Waals surface area contributed by atoms with Crippen LogP contribution in [0.3, 0.4) is 0 Å². The fourth-order valence-electron chi connectivity index (χ4n) is 4.11. The third-order valence-corrected chi connectivity index (χ3v) is 5.87. The Morgan fingerprint density at radius 1 is 1.27 bits per heavy atom. The SMILES string of the molecule is COC1CN(C2CCN(c3n[nH]c(N)n3)CC2)[C@H]1Cc1ccc(Cl)cc1. The predicted octanol–water partition coefficient (Wildman–Crippen LogP) is 1.95. The third kappa shape index (κ3) is 3.51. The first-order valence-corrected chi connectivity index (χ1v) is 9.47. The molecule has 0 aliphatic carbocycles. The largest absolute Gasteiger partial charge is 0.378 e. The smallest absolute Gasteiger partial charge is 0.246 e. The van der Waals surface area contributed by atoms with Crippen molar-refractivity contribution in [3.8, 4) is 0 Å². The lowest BCUT2D eigenvalue weighted by atomic mass is 9.87. The van der Waals surface area contributed by atoms with Gasteiger partial charge in [0.2, 0.25) is 11.9 Å². The summed E-state index contributed by atoms with van der Waals surface area (Å²) < 4.78 is 5.69. The number of piperidine rings is 1. The molecule has 8 heteroatoms. The number of hydrogen-bond donors (Lipinski definition) is 2. The van der Waals surface area contributed by atoms with Gasteiger partial charge >= 0.3 is 0 Å². The molecule has 0 radical (unpaired) electrons. The van der Waals surface area contributed by atoms with Crippen LogP contribution < -0.4 is 10.6 Å². The zero-order valence-corrected chi connectivity index (χ0v) is 15.7. The molecule has 0 spiro atoms. The molecule has 1 unspecified atom stereocenters. The summed E-state index contributed by atoms with van der Waals surface area (Å²) in [5.74, 6) is 1.08. The number of halogens is 1. The average molecular weight is 377 g/mol. The van der Waals surface area contributed by atoms with Crippen molar-refractivity contribution in [3.63, 3.8) is 0 Å². The van der Waals surface area contributed by atoms with Gasteiger partial charge in [0.25, 0.3) is 0 Å². The second-order valence-electron chi connectivity index (χ2n) is 7.11. The number of benzene rings is 1.